The largest absolute Gasteiger partial charge is 0.468 e. The first-order valence-electron chi connectivity index (χ1n) is 8.79. The van der Waals surface area contributed by atoms with Crippen LogP contribution in [0.1, 0.15) is 17.4 Å². The van der Waals surface area contributed by atoms with Gasteiger partial charge in [-0.1, -0.05) is 23.7 Å². The maximum Gasteiger partial charge on any atom is 0.309 e. The molecule has 0 unspecified atom stereocenters. The van der Waals surface area contributed by atoms with E-state index in [-0.39, 0.29) is 19.1 Å². The van der Waals surface area contributed by atoms with Gasteiger partial charge in [-0.05, 0) is 29.8 Å². The number of morpholine rings is 1. The van der Waals surface area contributed by atoms with Gasteiger partial charge in [0.1, 0.15) is 5.76 Å². The molecule has 1 fully saturated rings. The fourth-order valence-electron chi connectivity index (χ4n) is 2.91. The molecule has 7 nitrogen and oxygen atoms in total. The Labute approximate surface area is 162 Å². The SMILES string of the molecule is O=C(NCc1ccc(Cl)cc1)C(=O)NC[C@H](c1ccco1)N1CCOCC1. The number of hydrogen-bond acceptors (Lipinski definition) is 5. The normalized spacial score (nSPS) is 15.9. The van der Waals surface area contributed by atoms with Gasteiger partial charge < -0.3 is 19.8 Å². The monoisotopic (exact) mass is 391 g/mol. The van der Waals surface area contributed by atoms with Crippen LogP contribution in [0.3, 0.4) is 0 Å². The van der Waals surface area contributed by atoms with Crippen molar-refractivity contribution in [3.63, 3.8) is 0 Å². The quantitative estimate of drug-likeness (QED) is 0.733. The fraction of sp³-hybridized carbons (Fsp3) is 0.368. The second-order valence-corrected chi connectivity index (χ2v) is 6.64. The summed E-state index contributed by atoms with van der Waals surface area (Å²) in [5.74, 6) is -0.599. The molecular formula is C19H22ClN3O4. The molecule has 8 heteroatoms. The molecule has 0 spiro atoms. The number of carbonyl (C=O) groups excluding carboxylic acids is 2. The molecule has 1 aromatic heterocycles. The van der Waals surface area contributed by atoms with Crippen LogP contribution in [0, 0.1) is 0 Å². The summed E-state index contributed by atoms with van der Waals surface area (Å²) in [4.78, 5) is 26.4. The molecule has 2 aromatic rings. The minimum atomic E-state index is -0.676. The third-order valence-electron chi connectivity index (χ3n) is 4.39. The van der Waals surface area contributed by atoms with Crippen LogP contribution in [0.15, 0.2) is 47.1 Å². The highest BCUT2D eigenvalue weighted by Gasteiger charge is 2.26. The fourth-order valence-corrected chi connectivity index (χ4v) is 3.04. The van der Waals surface area contributed by atoms with Crippen LogP contribution in [-0.2, 0) is 20.9 Å². The number of hydrogen-bond donors (Lipinski definition) is 2. The summed E-state index contributed by atoms with van der Waals surface area (Å²) in [5.41, 5.74) is 0.863. The average Bonchev–Trinajstić information content (AvgIpc) is 3.22. The lowest BCUT2D eigenvalue weighted by Gasteiger charge is -2.33. The van der Waals surface area contributed by atoms with Gasteiger partial charge in [0.05, 0.1) is 25.5 Å². The average molecular weight is 392 g/mol. The Balaban J connectivity index is 1.52. The molecule has 2 N–H and O–H groups in total. The lowest BCUT2D eigenvalue weighted by atomic mass is 10.1. The highest BCUT2D eigenvalue weighted by molar-refractivity contribution is 6.35. The molecule has 3 rings (SSSR count). The Morgan fingerprint density at radius 2 is 1.78 bits per heavy atom. The van der Waals surface area contributed by atoms with E-state index in [9.17, 15) is 9.59 Å². The molecule has 1 aliphatic rings. The Bertz CT molecular complexity index is 743. The molecule has 144 valence electrons. The van der Waals surface area contributed by atoms with Crippen molar-refractivity contribution in [2.45, 2.75) is 12.6 Å². The number of rotatable bonds is 6. The summed E-state index contributed by atoms with van der Waals surface area (Å²) in [7, 11) is 0. The van der Waals surface area contributed by atoms with Crippen molar-refractivity contribution < 1.29 is 18.7 Å². The van der Waals surface area contributed by atoms with Crippen molar-refractivity contribution in [3.05, 3.63) is 59.0 Å². The van der Waals surface area contributed by atoms with Crippen LogP contribution in [0.2, 0.25) is 5.02 Å². The number of benzene rings is 1. The maximum atomic E-state index is 12.2. The van der Waals surface area contributed by atoms with Crippen molar-refractivity contribution >= 4 is 23.4 Å². The highest BCUT2D eigenvalue weighted by atomic mass is 35.5. The van der Waals surface area contributed by atoms with E-state index in [0.29, 0.717) is 18.2 Å². The van der Waals surface area contributed by atoms with Gasteiger partial charge in [0, 0.05) is 31.2 Å². The molecule has 1 aromatic carbocycles. The molecule has 2 heterocycles. The first kappa shape index (κ1) is 19.4. The van der Waals surface area contributed by atoms with E-state index in [1.54, 1.807) is 30.5 Å². The van der Waals surface area contributed by atoms with E-state index in [1.165, 1.54) is 0 Å². The van der Waals surface area contributed by atoms with Crippen molar-refractivity contribution in [2.24, 2.45) is 0 Å². The number of amides is 2. The van der Waals surface area contributed by atoms with Gasteiger partial charge >= 0.3 is 11.8 Å². The second-order valence-electron chi connectivity index (χ2n) is 6.20. The van der Waals surface area contributed by atoms with Crippen molar-refractivity contribution in [1.82, 2.24) is 15.5 Å². The van der Waals surface area contributed by atoms with E-state index in [4.69, 9.17) is 20.8 Å². The molecule has 1 atom stereocenters. The van der Waals surface area contributed by atoms with E-state index in [1.807, 2.05) is 12.1 Å². The predicted octanol–water partition coefficient (Wildman–Crippen LogP) is 1.74. The van der Waals surface area contributed by atoms with Crippen molar-refractivity contribution in [1.29, 1.82) is 0 Å². The van der Waals surface area contributed by atoms with Crippen molar-refractivity contribution in [2.75, 3.05) is 32.8 Å². The van der Waals surface area contributed by atoms with E-state index in [0.717, 1.165) is 24.4 Å². The zero-order valence-electron chi connectivity index (χ0n) is 14.8. The molecule has 27 heavy (non-hydrogen) atoms. The highest BCUT2D eigenvalue weighted by Crippen LogP contribution is 2.21. The number of furan rings is 1. The first-order valence-corrected chi connectivity index (χ1v) is 9.17. The minimum absolute atomic E-state index is 0.142. The molecule has 1 aliphatic heterocycles. The topological polar surface area (TPSA) is 83.8 Å². The van der Waals surface area contributed by atoms with E-state index in [2.05, 4.69) is 15.5 Å². The Hall–Kier alpha value is -2.35. The van der Waals surface area contributed by atoms with Crippen LogP contribution in [0.25, 0.3) is 0 Å². The van der Waals surface area contributed by atoms with Crippen LogP contribution in [0.5, 0.6) is 0 Å². The third-order valence-corrected chi connectivity index (χ3v) is 4.64. The Kier molecular flexibility index (Phi) is 6.86. The number of nitrogens with zero attached hydrogens (tertiary/aromatic N) is 1. The lowest BCUT2D eigenvalue weighted by Crippen LogP contribution is -2.46. The predicted molar refractivity (Wildman–Crippen MR) is 100 cm³/mol. The smallest absolute Gasteiger partial charge is 0.309 e. The minimum Gasteiger partial charge on any atom is -0.468 e. The van der Waals surface area contributed by atoms with Gasteiger partial charge in [0.25, 0.3) is 0 Å². The molecule has 2 amide bonds. The maximum absolute atomic E-state index is 12.2. The summed E-state index contributed by atoms with van der Waals surface area (Å²) in [6, 6.07) is 10.6. The Morgan fingerprint density at radius 3 is 2.44 bits per heavy atom. The van der Waals surface area contributed by atoms with Gasteiger partial charge in [-0.3, -0.25) is 14.5 Å². The molecule has 0 saturated carbocycles. The molecule has 0 bridgehead atoms. The number of halogens is 1. The number of ether oxygens (including phenoxy) is 1. The van der Waals surface area contributed by atoms with Crippen LogP contribution >= 0.6 is 11.6 Å². The van der Waals surface area contributed by atoms with Crippen LogP contribution < -0.4 is 10.6 Å². The van der Waals surface area contributed by atoms with Crippen molar-refractivity contribution in [3.8, 4) is 0 Å². The molecule has 0 aliphatic carbocycles. The number of nitrogens with one attached hydrogen (secondary N) is 2. The zero-order chi connectivity index (χ0) is 19.1. The van der Waals surface area contributed by atoms with E-state index >= 15 is 0 Å². The van der Waals surface area contributed by atoms with Crippen LogP contribution in [0.4, 0.5) is 0 Å². The van der Waals surface area contributed by atoms with Gasteiger partial charge in [0.15, 0.2) is 0 Å². The molecule has 0 radical (unpaired) electrons. The second kappa shape index (κ2) is 9.55. The van der Waals surface area contributed by atoms with E-state index < -0.39 is 11.8 Å². The van der Waals surface area contributed by atoms with Gasteiger partial charge in [0.2, 0.25) is 0 Å². The third kappa shape index (κ3) is 5.56. The van der Waals surface area contributed by atoms with Gasteiger partial charge in [-0.15, -0.1) is 0 Å². The van der Waals surface area contributed by atoms with Crippen LogP contribution in [-0.4, -0.2) is 49.6 Å². The summed E-state index contributed by atoms with van der Waals surface area (Å²) in [6.07, 6.45) is 1.60. The van der Waals surface area contributed by atoms with Gasteiger partial charge in [-0.2, -0.15) is 0 Å². The molecule has 1 saturated heterocycles. The van der Waals surface area contributed by atoms with Gasteiger partial charge in [-0.25, -0.2) is 0 Å². The standard InChI is InChI=1S/C19H22ClN3O4/c20-15-5-3-14(4-6-15)12-21-18(24)19(25)22-13-16(17-2-1-9-27-17)23-7-10-26-11-8-23/h1-6,9,16H,7-8,10-13H2,(H,21,24)(H,22,25)/t16-/m1/s1. The summed E-state index contributed by atoms with van der Waals surface area (Å²) < 4.78 is 10.9. The summed E-state index contributed by atoms with van der Waals surface area (Å²) >= 11 is 5.83. The summed E-state index contributed by atoms with van der Waals surface area (Å²) in [6.45, 7) is 3.28. The Morgan fingerprint density at radius 1 is 1.07 bits per heavy atom. The molecular weight excluding hydrogens is 370 g/mol. The first-order chi connectivity index (χ1) is 13.1. The summed E-state index contributed by atoms with van der Waals surface area (Å²) in [5, 5.41) is 5.92. The number of carbonyl (C=O) groups is 2. The zero-order valence-corrected chi connectivity index (χ0v) is 15.6. The lowest BCUT2D eigenvalue weighted by molar-refractivity contribution is -0.139.